The number of Topliss-reactive ketones (excluding diaryl/α,β-unsaturated/α-hetero) is 1. The van der Waals surface area contributed by atoms with Gasteiger partial charge in [-0.05, 0) is 12.8 Å². The van der Waals surface area contributed by atoms with E-state index in [9.17, 15) is 14.9 Å². The SMILES string of the molecule is COC(=O)c1coc(C(=O)[C@H](C#N)c2nnc3n2CCCCC3)c1. The number of methoxy groups -OCH3 is 1. The molecule has 0 unspecified atom stereocenters. The second kappa shape index (κ2) is 6.66. The standard InChI is InChI=1S/C16H16N4O4/c1-23-16(22)10-7-12(24-9-10)14(21)11(8-17)15-19-18-13-5-3-2-4-6-20(13)15/h7,9,11H,2-6H2,1H3/t11-/m0/s1. The first kappa shape index (κ1) is 15.9. The number of ether oxygens (including phenoxy) is 1. The molecule has 1 aliphatic rings. The summed E-state index contributed by atoms with van der Waals surface area (Å²) in [6.45, 7) is 0.689. The molecule has 0 aliphatic carbocycles. The van der Waals surface area contributed by atoms with E-state index in [1.165, 1.54) is 13.2 Å². The number of aryl methyl sites for hydroxylation is 1. The highest BCUT2D eigenvalue weighted by Crippen LogP contribution is 2.24. The molecule has 0 N–H and O–H groups in total. The van der Waals surface area contributed by atoms with Crippen LogP contribution in [0.15, 0.2) is 16.7 Å². The summed E-state index contributed by atoms with van der Waals surface area (Å²) < 4.78 is 11.6. The van der Waals surface area contributed by atoms with Gasteiger partial charge in [-0.25, -0.2) is 4.79 Å². The molecular formula is C16H16N4O4. The number of carbonyl (C=O) groups excluding carboxylic acids is 2. The van der Waals surface area contributed by atoms with Crippen LogP contribution >= 0.6 is 0 Å². The molecule has 124 valence electrons. The number of esters is 1. The van der Waals surface area contributed by atoms with E-state index in [0.29, 0.717) is 12.4 Å². The molecule has 1 aliphatic heterocycles. The predicted molar refractivity (Wildman–Crippen MR) is 80.3 cm³/mol. The van der Waals surface area contributed by atoms with Crippen molar-refractivity contribution in [1.29, 1.82) is 5.26 Å². The van der Waals surface area contributed by atoms with Gasteiger partial charge in [0, 0.05) is 19.0 Å². The Balaban J connectivity index is 1.91. The summed E-state index contributed by atoms with van der Waals surface area (Å²) in [5.74, 6) is -1.23. The Morgan fingerprint density at radius 3 is 2.96 bits per heavy atom. The molecule has 0 aromatic carbocycles. The third kappa shape index (κ3) is 2.80. The van der Waals surface area contributed by atoms with Gasteiger partial charge in [0.1, 0.15) is 12.1 Å². The van der Waals surface area contributed by atoms with Crippen molar-refractivity contribution >= 4 is 11.8 Å². The van der Waals surface area contributed by atoms with Crippen LogP contribution in [0.5, 0.6) is 0 Å². The van der Waals surface area contributed by atoms with Crippen LogP contribution in [-0.2, 0) is 17.7 Å². The molecule has 0 radical (unpaired) electrons. The minimum atomic E-state index is -1.12. The molecule has 3 heterocycles. The van der Waals surface area contributed by atoms with Crippen molar-refractivity contribution in [1.82, 2.24) is 14.8 Å². The fourth-order valence-electron chi connectivity index (χ4n) is 2.79. The third-order valence-electron chi connectivity index (χ3n) is 4.05. The van der Waals surface area contributed by atoms with E-state index in [4.69, 9.17) is 4.42 Å². The number of hydrogen-bond donors (Lipinski definition) is 0. The van der Waals surface area contributed by atoms with Gasteiger partial charge >= 0.3 is 5.97 Å². The molecule has 0 fully saturated rings. The van der Waals surface area contributed by atoms with Crippen molar-refractivity contribution < 1.29 is 18.7 Å². The first-order valence-electron chi connectivity index (χ1n) is 7.68. The van der Waals surface area contributed by atoms with Crippen LogP contribution < -0.4 is 0 Å². The average Bonchev–Trinajstić information content (AvgIpc) is 3.17. The van der Waals surface area contributed by atoms with Crippen LogP contribution in [0.25, 0.3) is 0 Å². The van der Waals surface area contributed by atoms with E-state index in [-0.39, 0.29) is 11.3 Å². The summed E-state index contributed by atoms with van der Waals surface area (Å²) in [5, 5.41) is 17.6. The van der Waals surface area contributed by atoms with Crippen molar-refractivity contribution in [2.45, 2.75) is 38.1 Å². The minimum Gasteiger partial charge on any atom is -0.465 e. The van der Waals surface area contributed by atoms with E-state index < -0.39 is 17.7 Å². The molecule has 2 aromatic heterocycles. The van der Waals surface area contributed by atoms with Gasteiger partial charge in [0.15, 0.2) is 17.5 Å². The normalized spacial score (nSPS) is 15.0. The molecule has 0 saturated carbocycles. The van der Waals surface area contributed by atoms with Gasteiger partial charge in [-0.15, -0.1) is 10.2 Å². The minimum absolute atomic E-state index is 0.0760. The Morgan fingerprint density at radius 1 is 1.38 bits per heavy atom. The summed E-state index contributed by atoms with van der Waals surface area (Å²) >= 11 is 0. The topological polar surface area (TPSA) is 111 Å². The lowest BCUT2D eigenvalue weighted by molar-refractivity contribution is 0.0599. The number of fused-ring (bicyclic) bond motifs is 1. The maximum absolute atomic E-state index is 12.6. The lowest BCUT2D eigenvalue weighted by Crippen LogP contribution is -2.17. The number of hydrogen-bond acceptors (Lipinski definition) is 7. The van der Waals surface area contributed by atoms with Crippen LogP contribution in [0.4, 0.5) is 0 Å². The van der Waals surface area contributed by atoms with Crippen LogP contribution in [0, 0.1) is 11.3 Å². The van der Waals surface area contributed by atoms with E-state index in [1.807, 2.05) is 10.6 Å². The largest absolute Gasteiger partial charge is 0.465 e. The number of nitrogens with zero attached hydrogens (tertiary/aromatic N) is 4. The zero-order valence-corrected chi connectivity index (χ0v) is 13.2. The lowest BCUT2D eigenvalue weighted by atomic mass is 10.0. The van der Waals surface area contributed by atoms with E-state index in [0.717, 1.165) is 37.8 Å². The summed E-state index contributed by atoms with van der Waals surface area (Å²) in [7, 11) is 1.24. The number of carbonyl (C=O) groups is 2. The van der Waals surface area contributed by atoms with Gasteiger partial charge in [-0.1, -0.05) is 6.42 Å². The maximum Gasteiger partial charge on any atom is 0.341 e. The molecule has 0 spiro atoms. The number of ketones is 1. The summed E-state index contributed by atoms with van der Waals surface area (Å²) in [4.78, 5) is 24.1. The maximum atomic E-state index is 12.6. The smallest absolute Gasteiger partial charge is 0.341 e. The van der Waals surface area contributed by atoms with Crippen LogP contribution in [0.1, 0.15) is 57.7 Å². The van der Waals surface area contributed by atoms with Crippen molar-refractivity contribution in [3.63, 3.8) is 0 Å². The van der Waals surface area contributed by atoms with Crippen molar-refractivity contribution in [2.75, 3.05) is 7.11 Å². The number of aromatic nitrogens is 3. The van der Waals surface area contributed by atoms with E-state index in [2.05, 4.69) is 14.9 Å². The van der Waals surface area contributed by atoms with Crippen molar-refractivity contribution in [2.24, 2.45) is 0 Å². The van der Waals surface area contributed by atoms with Gasteiger partial charge in [0.05, 0.1) is 18.7 Å². The Bertz CT molecular complexity index is 814. The molecule has 1 atom stereocenters. The molecule has 0 bridgehead atoms. The van der Waals surface area contributed by atoms with Gasteiger partial charge in [-0.3, -0.25) is 4.79 Å². The molecule has 8 nitrogen and oxygen atoms in total. The third-order valence-corrected chi connectivity index (χ3v) is 4.05. The highest BCUT2D eigenvalue weighted by molar-refractivity contribution is 6.02. The second-order valence-electron chi connectivity index (χ2n) is 5.55. The van der Waals surface area contributed by atoms with Crippen LogP contribution in [0.3, 0.4) is 0 Å². The first-order chi connectivity index (χ1) is 11.7. The second-order valence-corrected chi connectivity index (χ2v) is 5.55. The van der Waals surface area contributed by atoms with Crippen LogP contribution in [-0.4, -0.2) is 33.6 Å². The highest BCUT2D eigenvalue weighted by atomic mass is 16.5. The quantitative estimate of drug-likeness (QED) is 0.622. The Kier molecular flexibility index (Phi) is 4.42. The van der Waals surface area contributed by atoms with Gasteiger partial charge in [0.25, 0.3) is 0 Å². The van der Waals surface area contributed by atoms with E-state index in [1.54, 1.807) is 0 Å². The Morgan fingerprint density at radius 2 is 2.21 bits per heavy atom. The lowest BCUT2D eigenvalue weighted by Gasteiger charge is -2.09. The predicted octanol–water partition coefficient (Wildman–Crippen LogP) is 1.87. The molecule has 0 amide bonds. The molecule has 24 heavy (non-hydrogen) atoms. The zero-order chi connectivity index (χ0) is 17.1. The Hall–Kier alpha value is -2.95. The Labute approximate surface area is 138 Å². The van der Waals surface area contributed by atoms with Crippen LogP contribution in [0.2, 0.25) is 0 Å². The summed E-state index contributed by atoms with van der Waals surface area (Å²) in [6, 6.07) is 3.25. The van der Waals surface area contributed by atoms with Gasteiger partial charge < -0.3 is 13.7 Å². The fraction of sp³-hybridized carbons (Fsp3) is 0.438. The number of furan rings is 1. The highest BCUT2D eigenvalue weighted by Gasteiger charge is 2.31. The number of nitriles is 1. The average molecular weight is 328 g/mol. The molecule has 2 aromatic rings. The summed E-state index contributed by atoms with van der Waals surface area (Å²) in [6.07, 6.45) is 4.97. The first-order valence-corrected chi connectivity index (χ1v) is 7.68. The monoisotopic (exact) mass is 328 g/mol. The summed E-state index contributed by atoms with van der Waals surface area (Å²) in [5.41, 5.74) is 0.123. The fourth-order valence-corrected chi connectivity index (χ4v) is 2.79. The van der Waals surface area contributed by atoms with E-state index >= 15 is 0 Å². The molecular weight excluding hydrogens is 312 g/mol. The van der Waals surface area contributed by atoms with Crippen molar-refractivity contribution in [3.05, 3.63) is 35.3 Å². The molecule has 0 saturated heterocycles. The zero-order valence-electron chi connectivity index (χ0n) is 13.2. The molecule has 3 rings (SSSR count). The van der Waals surface area contributed by atoms with Gasteiger partial charge in [0.2, 0.25) is 5.78 Å². The van der Waals surface area contributed by atoms with Gasteiger partial charge in [-0.2, -0.15) is 5.26 Å². The number of rotatable bonds is 4. The molecule has 8 heteroatoms. The van der Waals surface area contributed by atoms with Crippen molar-refractivity contribution in [3.8, 4) is 6.07 Å².